The van der Waals surface area contributed by atoms with Crippen LogP contribution < -0.4 is 5.32 Å². The molecule has 66 valence electrons. The highest BCUT2D eigenvalue weighted by molar-refractivity contribution is 7.11. The standard InChI is InChI=1S/C10H15NS/c1-3-11-7-4-5-10-9(2)6-8-12-10/h4-6,8,11H,3,7H2,1-2H3. The van der Waals surface area contributed by atoms with Gasteiger partial charge in [0.05, 0.1) is 0 Å². The molecular formula is C10H15NS. The highest BCUT2D eigenvalue weighted by Crippen LogP contribution is 2.16. The molecule has 0 bridgehead atoms. The molecule has 1 aromatic rings. The van der Waals surface area contributed by atoms with E-state index < -0.39 is 0 Å². The number of hydrogen-bond donors (Lipinski definition) is 1. The molecule has 0 aliphatic heterocycles. The van der Waals surface area contributed by atoms with Gasteiger partial charge in [0.25, 0.3) is 0 Å². The Bertz CT molecular complexity index is 250. The molecule has 0 aliphatic rings. The van der Waals surface area contributed by atoms with E-state index in [0.29, 0.717) is 0 Å². The molecule has 1 aromatic heterocycles. The molecule has 2 heteroatoms. The number of thiophene rings is 1. The SMILES string of the molecule is CCNCC=Cc1sccc1C. The minimum atomic E-state index is 0.966. The number of likely N-dealkylation sites (N-methyl/N-ethyl adjacent to an activating group) is 1. The Morgan fingerprint density at radius 3 is 3.00 bits per heavy atom. The topological polar surface area (TPSA) is 12.0 Å². The van der Waals surface area contributed by atoms with Crippen molar-refractivity contribution in [2.24, 2.45) is 0 Å². The van der Waals surface area contributed by atoms with Gasteiger partial charge >= 0.3 is 0 Å². The molecule has 0 spiro atoms. The fourth-order valence-corrected chi connectivity index (χ4v) is 1.80. The summed E-state index contributed by atoms with van der Waals surface area (Å²) in [7, 11) is 0. The Hall–Kier alpha value is -0.600. The predicted octanol–water partition coefficient (Wildman–Crippen LogP) is 2.68. The van der Waals surface area contributed by atoms with Crippen LogP contribution in [0, 0.1) is 6.92 Å². The quantitative estimate of drug-likeness (QED) is 0.704. The zero-order valence-electron chi connectivity index (χ0n) is 7.63. The van der Waals surface area contributed by atoms with Crippen LogP contribution >= 0.6 is 11.3 Å². The van der Waals surface area contributed by atoms with Crippen LogP contribution in [0.25, 0.3) is 6.08 Å². The average molecular weight is 181 g/mol. The van der Waals surface area contributed by atoms with E-state index in [9.17, 15) is 0 Å². The number of aryl methyl sites for hydroxylation is 1. The highest BCUT2D eigenvalue weighted by Gasteiger charge is 1.92. The molecule has 0 amide bonds. The molecule has 1 rings (SSSR count). The Labute approximate surface area is 78.1 Å². The summed E-state index contributed by atoms with van der Waals surface area (Å²) in [6.45, 7) is 6.26. The van der Waals surface area contributed by atoms with E-state index in [0.717, 1.165) is 13.1 Å². The molecule has 12 heavy (non-hydrogen) atoms. The first-order chi connectivity index (χ1) is 5.84. The van der Waals surface area contributed by atoms with Crippen LogP contribution in [-0.2, 0) is 0 Å². The zero-order valence-corrected chi connectivity index (χ0v) is 8.45. The van der Waals surface area contributed by atoms with Crippen LogP contribution in [0.1, 0.15) is 17.4 Å². The fraction of sp³-hybridized carbons (Fsp3) is 0.400. The van der Waals surface area contributed by atoms with Crippen molar-refractivity contribution in [3.63, 3.8) is 0 Å². The lowest BCUT2D eigenvalue weighted by atomic mass is 10.3. The lowest BCUT2D eigenvalue weighted by Gasteiger charge is -1.93. The summed E-state index contributed by atoms with van der Waals surface area (Å²) >= 11 is 1.79. The van der Waals surface area contributed by atoms with Gasteiger partial charge in [0.2, 0.25) is 0 Å². The molecule has 1 heterocycles. The molecular weight excluding hydrogens is 166 g/mol. The molecule has 0 aromatic carbocycles. The largest absolute Gasteiger partial charge is 0.314 e. The maximum Gasteiger partial charge on any atom is 0.0296 e. The van der Waals surface area contributed by atoms with Crippen LogP contribution in [0.15, 0.2) is 17.5 Å². The van der Waals surface area contributed by atoms with Gasteiger partial charge in [-0.2, -0.15) is 0 Å². The summed E-state index contributed by atoms with van der Waals surface area (Å²) < 4.78 is 0. The van der Waals surface area contributed by atoms with Gasteiger partial charge in [-0.1, -0.05) is 13.0 Å². The Morgan fingerprint density at radius 1 is 1.58 bits per heavy atom. The molecule has 0 fully saturated rings. The van der Waals surface area contributed by atoms with Crippen LogP contribution in [0.4, 0.5) is 0 Å². The van der Waals surface area contributed by atoms with Gasteiger partial charge in [-0.05, 0) is 36.6 Å². The van der Waals surface area contributed by atoms with E-state index in [1.54, 1.807) is 11.3 Å². The van der Waals surface area contributed by atoms with Gasteiger partial charge in [0.1, 0.15) is 0 Å². The molecule has 0 saturated carbocycles. The van der Waals surface area contributed by atoms with E-state index in [4.69, 9.17) is 0 Å². The third-order valence-electron chi connectivity index (χ3n) is 1.68. The van der Waals surface area contributed by atoms with Gasteiger partial charge in [-0.15, -0.1) is 11.3 Å². The Morgan fingerprint density at radius 2 is 2.42 bits per heavy atom. The summed E-state index contributed by atoms with van der Waals surface area (Å²) in [4.78, 5) is 1.37. The van der Waals surface area contributed by atoms with Crippen molar-refractivity contribution >= 4 is 17.4 Å². The second-order valence-electron chi connectivity index (χ2n) is 2.68. The monoisotopic (exact) mass is 181 g/mol. The first-order valence-corrected chi connectivity index (χ1v) is 5.14. The maximum absolute atomic E-state index is 3.25. The van der Waals surface area contributed by atoms with Gasteiger partial charge < -0.3 is 5.32 Å². The lowest BCUT2D eigenvalue weighted by molar-refractivity contribution is 0.801. The third kappa shape index (κ3) is 2.80. The molecule has 0 unspecified atom stereocenters. The van der Waals surface area contributed by atoms with Crippen molar-refractivity contribution in [3.8, 4) is 0 Å². The normalized spacial score (nSPS) is 11.2. The Kier molecular flexibility index (Phi) is 4.05. The summed E-state index contributed by atoms with van der Waals surface area (Å²) in [5.41, 5.74) is 1.37. The van der Waals surface area contributed by atoms with Gasteiger partial charge in [0, 0.05) is 11.4 Å². The number of rotatable bonds is 4. The molecule has 1 nitrogen and oxygen atoms in total. The summed E-state index contributed by atoms with van der Waals surface area (Å²) in [6.07, 6.45) is 4.35. The van der Waals surface area contributed by atoms with E-state index >= 15 is 0 Å². The summed E-state index contributed by atoms with van der Waals surface area (Å²) in [5, 5.41) is 5.38. The first-order valence-electron chi connectivity index (χ1n) is 4.26. The average Bonchev–Trinajstić information content (AvgIpc) is 2.46. The minimum absolute atomic E-state index is 0.966. The maximum atomic E-state index is 3.25. The fourth-order valence-electron chi connectivity index (χ4n) is 0.949. The summed E-state index contributed by atoms with van der Waals surface area (Å²) in [6, 6.07) is 2.15. The molecule has 0 atom stereocenters. The van der Waals surface area contributed by atoms with Crippen molar-refractivity contribution < 1.29 is 0 Å². The van der Waals surface area contributed by atoms with Crippen molar-refractivity contribution in [1.29, 1.82) is 0 Å². The van der Waals surface area contributed by atoms with Crippen LogP contribution in [0.3, 0.4) is 0 Å². The van der Waals surface area contributed by atoms with Crippen LogP contribution in [0.2, 0.25) is 0 Å². The zero-order chi connectivity index (χ0) is 8.81. The Balaban J connectivity index is 2.41. The minimum Gasteiger partial charge on any atom is -0.314 e. The van der Waals surface area contributed by atoms with Crippen LogP contribution in [-0.4, -0.2) is 13.1 Å². The second-order valence-corrected chi connectivity index (χ2v) is 3.63. The van der Waals surface area contributed by atoms with Crippen LogP contribution in [0.5, 0.6) is 0 Å². The molecule has 0 aliphatic carbocycles. The summed E-state index contributed by atoms with van der Waals surface area (Å²) in [5.74, 6) is 0. The lowest BCUT2D eigenvalue weighted by Crippen LogP contribution is -2.11. The number of hydrogen-bond acceptors (Lipinski definition) is 2. The second kappa shape index (κ2) is 5.12. The van der Waals surface area contributed by atoms with Crippen molar-refractivity contribution in [3.05, 3.63) is 28.0 Å². The predicted molar refractivity (Wildman–Crippen MR) is 56.6 cm³/mol. The van der Waals surface area contributed by atoms with Crippen molar-refractivity contribution in [2.75, 3.05) is 13.1 Å². The smallest absolute Gasteiger partial charge is 0.0296 e. The van der Waals surface area contributed by atoms with E-state index in [-0.39, 0.29) is 0 Å². The van der Waals surface area contributed by atoms with Crippen molar-refractivity contribution in [1.82, 2.24) is 5.32 Å². The van der Waals surface area contributed by atoms with E-state index in [1.807, 2.05) is 0 Å². The van der Waals surface area contributed by atoms with Gasteiger partial charge in [-0.3, -0.25) is 0 Å². The third-order valence-corrected chi connectivity index (χ3v) is 2.67. The van der Waals surface area contributed by atoms with Gasteiger partial charge in [-0.25, -0.2) is 0 Å². The van der Waals surface area contributed by atoms with Crippen molar-refractivity contribution in [2.45, 2.75) is 13.8 Å². The molecule has 0 radical (unpaired) electrons. The first kappa shape index (κ1) is 9.49. The number of nitrogens with one attached hydrogen (secondary N) is 1. The van der Waals surface area contributed by atoms with E-state index in [1.165, 1.54) is 10.4 Å². The van der Waals surface area contributed by atoms with Gasteiger partial charge in [0.15, 0.2) is 0 Å². The molecule has 1 N–H and O–H groups in total. The molecule has 0 saturated heterocycles. The highest BCUT2D eigenvalue weighted by atomic mass is 32.1. The van der Waals surface area contributed by atoms with E-state index in [2.05, 4.69) is 42.8 Å².